The number of carbonyl (C=O) groups excluding carboxylic acids is 2. The third kappa shape index (κ3) is 6.55. The number of carbonyl (C=O) groups is 2. The van der Waals surface area contributed by atoms with Crippen LogP contribution in [0.3, 0.4) is 0 Å². The van der Waals surface area contributed by atoms with Crippen molar-refractivity contribution in [2.24, 2.45) is 11.8 Å². The molecule has 10 heteroatoms. The number of hydroxylamine groups is 2. The lowest BCUT2D eigenvalue weighted by Crippen LogP contribution is -2.46. The number of likely N-dealkylation sites (tertiary alicyclic amines) is 2. The summed E-state index contributed by atoms with van der Waals surface area (Å²) in [5, 5.41) is 2.45. The van der Waals surface area contributed by atoms with Crippen LogP contribution in [-0.2, 0) is 11.3 Å². The first-order valence-corrected chi connectivity index (χ1v) is 15.4. The Hall–Kier alpha value is -3.50. The summed E-state index contributed by atoms with van der Waals surface area (Å²) < 4.78 is 16.4. The third-order valence-electron chi connectivity index (χ3n) is 9.35. The van der Waals surface area contributed by atoms with Crippen LogP contribution >= 0.6 is 0 Å². The number of aryl methyl sites for hydroxylation is 1. The highest BCUT2D eigenvalue weighted by atomic mass is 19.1. The molecule has 9 nitrogen and oxygen atoms in total. The largest absolute Gasteiger partial charge is 0.343 e. The van der Waals surface area contributed by atoms with Crippen molar-refractivity contribution >= 4 is 22.8 Å². The maximum absolute atomic E-state index is 14.4. The van der Waals surface area contributed by atoms with E-state index in [0.717, 1.165) is 74.9 Å². The molecule has 1 atom stereocenters. The van der Waals surface area contributed by atoms with Crippen LogP contribution in [-0.4, -0.2) is 101 Å². The first-order valence-electron chi connectivity index (χ1n) is 15.4. The molecule has 0 radical (unpaired) electrons. The van der Waals surface area contributed by atoms with Crippen LogP contribution in [0.5, 0.6) is 0 Å². The van der Waals surface area contributed by atoms with Gasteiger partial charge in [-0.05, 0) is 94.2 Å². The fourth-order valence-electron chi connectivity index (χ4n) is 6.61. The van der Waals surface area contributed by atoms with Crippen LogP contribution in [0.25, 0.3) is 16.6 Å². The van der Waals surface area contributed by atoms with Gasteiger partial charge in [0.05, 0.1) is 30.1 Å². The summed E-state index contributed by atoms with van der Waals surface area (Å²) in [5.41, 5.74) is 4.26. The summed E-state index contributed by atoms with van der Waals surface area (Å²) in [6, 6.07) is 4.38. The second kappa shape index (κ2) is 13.0. The maximum atomic E-state index is 14.4. The van der Waals surface area contributed by atoms with E-state index in [1.54, 1.807) is 25.1 Å². The highest BCUT2D eigenvalue weighted by Crippen LogP contribution is 2.33. The van der Waals surface area contributed by atoms with Crippen LogP contribution in [0.2, 0.25) is 0 Å². The zero-order valence-electron chi connectivity index (χ0n) is 26.3. The van der Waals surface area contributed by atoms with E-state index in [-0.39, 0.29) is 18.0 Å². The van der Waals surface area contributed by atoms with Crippen LogP contribution in [0.15, 0.2) is 36.8 Å². The Morgan fingerprint density at radius 3 is 2.51 bits per heavy atom. The molecule has 3 aromatic rings. The molecular weight excluding hydrogens is 547 g/mol. The number of fused-ring (bicyclic) bond motifs is 1. The van der Waals surface area contributed by atoms with Gasteiger partial charge in [0.25, 0.3) is 5.91 Å². The molecule has 43 heavy (non-hydrogen) atoms. The van der Waals surface area contributed by atoms with Crippen molar-refractivity contribution in [1.82, 2.24) is 29.3 Å². The van der Waals surface area contributed by atoms with E-state index in [9.17, 15) is 14.0 Å². The molecule has 3 amide bonds. The Labute approximate surface area is 254 Å². The molecule has 0 unspecified atom stereocenters. The number of urea groups is 1. The molecule has 2 saturated heterocycles. The predicted molar refractivity (Wildman–Crippen MR) is 166 cm³/mol. The number of pyridine rings is 1. The van der Waals surface area contributed by atoms with E-state index in [1.807, 2.05) is 35.7 Å². The van der Waals surface area contributed by atoms with E-state index in [1.165, 1.54) is 29.9 Å². The van der Waals surface area contributed by atoms with Gasteiger partial charge in [0.15, 0.2) is 0 Å². The fourth-order valence-corrected chi connectivity index (χ4v) is 6.61. The van der Waals surface area contributed by atoms with E-state index in [0.29, 0.717) is 23.1 Å². The summed E-state index contributed by atoms with van der Waals surface area (Å²) in [6.07, 6.45) is 9.94. The van der Waals surface area contributed by atoms with Crippen LogP contribution < -0.4 is 0 Å². The van der Waals surface area contributed by atoms with Gasteiger partial charge in [-0.1, -0.05) is 0 Å². The maximum Gasteiger partial charge on any atom is 0.343 e. The van der Waals surface area contributed by atoms with Crippen molar-refractivity contribution < 1.29 is 18.8 Å². The molecule has 2 aromatic heterocycles. The smallest absolute Gasteiger partial charge is 0.339 e. The zero-order valence-corrected chi connectivity index (χ0v) is 26.3. The Balaban J connectivity index is 1.31. The zero-order chi connectivity index (χ0) is 30.8. The number of aromatic nitrogens is 2. The molecule has 2 fully saturated rings. The first-order chi connectivity index (χ1) is 20.6. The summed E-state index contributed by atoms with van der Waals surface area (Å²) in [4.78, 5) is 41.4. The minimum atomic E-state index is -0.430. The van der Waals surface area contributed by atoms with E-state index in [4.69, 9.17) is 4.84 Å². The number of piperidine rings is 1. The Kier molecular flexibility index (Phi) is 9.36. The van der Waals surface area contributed by atoms with Gasteiger partial charge < -0.3 is 19.3 Å². The Morgan fingerprint density at radius 1 is 1.09 bits per heavy atom. The summed E-state index contributed by atoms with van der Waals surface area (Å²) in [5.74, 6) is 0.469. The van der Waals surface area contributed by atoms with Gasteiger partial charge in [-0.2, -0.15) is 0 Å². The number of halogens is 1. The predicted octanol–water partition coefficient (Wildman–Crippen LogP) is 5.14. The molecule has 0 saturated carbocycles. The fraction of sp³-hybridized carbons (Fsp3) is 0.545. The Morgan fingerprint density at radius 2 is 1.81 bits per heavy atom. The van der Waals surface area contributed by atoms with Gasteiger partial charge in [-0.15, -0.1) is 0 Å². The second-order valence-corrected chi connectivity index (χ2v) is 12.6. The molecule has 2 aliphatic rings. The van der Waals surface area contributed by atoms with Crippen LogP contribution in [0.4, 0.5) is 9.18 Å². The van der Waals surface area contributed by atoms with E-state index >= 15 is 0 Å². The van der Waals surface area contributed by atoms with Gasteiger partial charge >= 0.3 is 6.03 Å². The standard InChI is InChI=1S/C33H45FN6O3/c1-22(2)36(4)32(41)28-16-27(34)7-8-29(28)40-21-26(31-23(3)17-35-18-30(31)40)15-25-9-12-38(20-25)19-24-10-13-39(14-11-24)33(42)37(5)43-6/h7-8,16-18,21-22,24-25H,9-15,19-20H2,1-6H3/t25-/m0/s1. The lowest BCUT2D eigenvalue weighted by atomic mass is 9.96. The molecule has 2 aliphatic heterocycles. The number of amides is 3. The number of hydrogen-bond acceptors (Lipinski definition) is 5. The van der Waals surface area contributed by atoms with Gasteiger partial charge in [0.1, 0.15) is 5.82 Å². The van der Waals surface area contributed by atoms with Gasteiger partial charge in [-0.3, -0.25) is 14.6 Å². The van der Waals surface area contributed by atoms with Gasteiger partial charge in [0.2, 0.25) is 0 Å². The van der Waals surface area contributed by atoms with Crippen molar-refractivity contribution in [3.63, 3.8) is 0 Å². The van der Waals surface area contributed by atoms with Crippen molar-refractivity contribution in [2.45, 2.75) is 52.5 Å². The average Bonchev–Trinajstić information content (AvgIpc) is 3.60. The van der Waals surface area contributed by atoms with Gasteiger partial charge in [-0.25, -0.2) is 14.2 Å². The molecule has 4 heterocycles. The minimum absolute atomic E-state index is 0.0118. The quantitative estimate of drug-likeness (QED) is 0.339. The van der Waals surface area contributed by atoms with Crippen LogP contribution in [0.1, 0.15) is 54.6 Å². The summed E-state index contributed by atoms with van der Waals surface area (Å²) >= 11 is 0. The number of hydrogen-bond donors (Lipinski definition) is 0. The molecule has 0 spiro atoms. The molecule has 232 valence electrons. The molecule has 0 aliphatic carbocycles. The summed E-state index contributed by atoms with van der Waals surface area (Å²) in [6.45, 7) is 10.7. The van der Waals surface area contributed by atoms with Crippen LogP contribution in [0, 0.1) is 24.6 Å². The van der Waals surface area contributed by atoms with E-state index in [2.05, 4.69) is 23.0 Å². The molecule has 0 N–H and O–H groups in total. The molecule has 5 rings (SSSR count). The summed E-state index contributed by atoms with van der Waals surface area (Å²) in [7, 11) is 4.91. The monoisotopic (exact) mass is 592 g/mol. The topological polar surface area (TPSA) is 74.2 Å². The highest BCUT2D eigenvalue weighted by molar-refractivity contribution is 5.99. The number of benzene rings is 1. The lowest BCUT2D eigenvalue weighted by molar-refractivity contribution is -0.0779. The molecule has 0 bridgehead atoms. The molecular formula is C33H45FN6O3. The lowest BCUT2D eigenvalue weighted by Gasteiger charge is -2.35. The highest BCUT2D eigenvalue weighted by Gasteiger charge is 2.30. The number of nitrogens with zero attached hydrogens (tertiary/aromatic N) is 6. The minimum Gasteiger partial charge on any atom is -0.339 e. The van der Waals surface area contributed by atoms with E-state index < -0.39 is 5.82 Å². The number of rotatable bonds is 8. The normalized spacial score (nSPS) is 18.1. The SMILES string of the molecule is CON(C)C(=O)N1CCC(CN2CC[C@@H](Cc3cn(-c4ccc(F)cc4C(=O)N(C)C(C)C)c4cncc(C)c34)C2)CC1. The van der Waals surface area contributed by atoms with Crippen molar-refractivity contribution in [3.8, 4) is 5.69 Å². The Bertz CT molecular complexity index is 1460. The third-order valence-corrected chi connectivity index (χ3v) is 9.35. The van der Waals surface area contributed by atoms with Crippen molar-refractivity contribution in [1.29, 1.82) is 0 Å². The van der Waals surface area contributed by atoms with Crippen molar-refractivity contribution in [2.75, 3.05) is 53.9 Å². The molecule has 1 aromatic carbocycles. The van der Waals surface area contributed by atoms with Crippen molar-refractivity contribution in [3.05, 3.63) is 59.3 Å². The average molecular weight is 593 g/mol. The first kappa shape index (κ1) is 30.9. The second-order valence-electron chi connectivity index (χ2n) is 12.6. The van der Waals surface area contributed by atoms with Gasteiger partial charge in [0, 0.05) is 64.1 Å².